The van der Waals surface area contributed by atoms with Crippen LogP contribution in [0.1, 0.15) is 22.8 Å². The van der Waals surface area contributed by atoms with Crippen molar-refractivity contribution < 1.29 is 14.3 Å². The second kappa shape index (κ2) is 8.75. The Morgan fingerprint density at radius 1 is 1.17 bits per heavy atom. The molecule has 0 spiro atoms. The number of halogens is 1. The number of amides is 2. The highest BCUT2D eigenvalue weighted by Gasteiger charge is 2.08. The molecule has 1 aromatic carbocycles. The number of ether oxygens (including phenoxy) is 1. The lowest BCUT2D eigenvalue weighted by Crippen LogP contribution is -2.22. The Balaban J connectivity index is 0.00000264. The summed E-state index contributed by atoms with van der Waals surface area (Å²) in [5.41, 5.74) is 1.98. The summed E-state index contributed by atoms with van der Waals surface area (Å²) in [5, 5.41) is 5.51. The molecule has 0 fully saturated rings. The number of aromatic nitrogens is 1. The van der Waals surface area contributed by atoms with Gasteiger partial charge in [-0.05, 0) is 29.8 Å². The Bertz CT molecular complexity index is 678. The van der Waals surface area contributed by atoms with Gasteiger partial charge in [0.1, 0.15) is 5.75 Å². The molecule has 0 saturated heterocycles. The number of carbonyl (C=O) groups excluding carboxylic acids is 2. The van der Waals surface area contributed by atoms with Gasteiger partial charge >= 0.3 is 0 Å². The van der Waals surface area contributed by atoms with Crippen molar-refractivity contribution in [2.75, 3.05) is 12.4 Å². The minimum absolute atomic E-state index is 0. The SMILES string of the molecule is COc1ccc(CNC(=O)c2ccncc2)cc1NC(C)=O.Cl. The topological polar surface area (TPSA) is 80.3 Å². The molecule has 0 aliphatic carbocycles. The first kappa shape index (κ1) is 18.4. The van der Waals surface area contributed by atoms with Crippen molar-refractivity contribution in [1.82, 2.24) is 10.3 Å². The molecule has 7 heteroatoms. The van der Waals surface area contributed by atoms with E-state index in [4.69, 9.17) is 4.74 Å². The maximum Gasteiger partial charge on any atom is 0.251 e. The smallest absolute Gasteiger partial charge is 0.251 e. The van der Waals surface area contributed by atoms with Crippen LogP contribution in [0.25, 0.3) is 0 Å². The molecular formula is C16H18ClN3O3. The van der Waals surface area contributed by atoms with Gasteiger partial charge in [0.15, 0.2) is 0 Å². The third kappa shape index (κ3) is 5.27. The number of nitrogens with zero attached hydrogens (tertiary/aromatic N) is 1. The van der Waals surface area contributed by atoms with Crippen LogP contribution < -0.4 is 15.4 Å². The van der Waals surface area contributed by atoms with Crippen LogP contribution in [-0.2, 0) is 11.3 Å². The number of benzene rings is 1. The second-order valence-corrected chi connectivity index (χ2v) is 4.63. The fourth-order valence-corrected chi connectivity index (χ4v) is 1.94. The molecule has 0 saturated carbocycles. The van der Waals surface area contributed by atoms with Gasteiger partial charge in [-0.25, -0.2) is 0 Å². The molecule has 0 unspecified atom stereocenters. The summed E-state index contributed by atoms with van der Waals surface area (Å²) < 4.78 is 5.19. The highest BCUT2D eigenvalue weighted by molar-refractivity contribution is 5.94. The van der Waals surface area contributed by atoms with E-state index in [1.54, 1.807) is 36.7 Å². The average molecular weight is 336 g/mol. The largest absolute Gasteiger partial charge is 0.495 e. The van der Waals surface area contributed by atoms with Crippen molar-refractivity contribution in [3.8, 4) is 5.75 Å². The molecule has 1 heterocycles. The van der Waals surface area contributed by atoms with E-state index in [0.29, 0.717) is 23.5 Å². The van der Waals surface area contributed by atoms with Crippen LogP contribution in [0.15, 0.2) is 42.7 Å². The molecule has 23 heavy (non-hydrogen) atoms. The third-order valence-electron chi connectivity index (χ3n) is 2.97. The Morgan fingerprint density at radius 2 is 1.87 bits per heavy atom. The first-order valence-corrected chi connectivity index (χ1v) is 6.73. The molecule has 2 N–H and O–H groups in total. The first-order valence-electron chi connectivity index (χ1n) is 6.73. The van der Waals surface area contributed by atoms with Crippen molar-refractivity contribution in [1.29, 1.82) is 0 Å². The van der Waals surface area contributed by atoms with E-state index in [1.165, 1.54) is 14.0 Å². The van der Waals surface area contributed by atoms with Gasteiger partial charge in [0, 0.05) is 31.4 Å². The number of hydrogen-bond donors (Lipinski definition) is 2. The molecule has 0 atom stereocenters. The van der Waals surface area contributed by atoms with Gasteiger partial charge < -0.3 is 15.4 Å². The zero-order valence-corrected chi connectivity index (χ0v) is 13.6. The summed E-state index contributed by atoms with van der Waals surface area (Å²) in [5.74, 6) is 0.204. The summed E-state index contributed by atoms with van der Waals surface area (Å²) in [4.78, 5) is 27.0. The molecule has 0 aliphatic rings. The minimum atomic E-state index is -0.184. The maximum atomic E-state index is 12.0. The second-order valence-electron chi connectivity index (χ2n) is 4.63. The minimum Gasteiger partial charge on any atom is -0.495 e. The van der Waals surface area contributed by atoms with E-state index in [9.17, 15) is 9.59 Å². The van der Waals surface area contributed by atoms with Crippen molar-refractivity contribution in [2.24, 2.45) is 0 Å². The number of carbonyl (C=O) groups is 2. The Hall–Kier alpha value is -2.60. The van der Waals surface area contributed by atoms with E-state index in [2.05, 4.69) is 15.6 Å². The molecule has 2 amide bonds. The summed E-state index contributed by atoms with van der Waals surface area (Å²) in [6.45, 7) is 1.77. The molecule has 2 aromatic rings. The number of nitrogens with one attached hydrogen (secondary N) is 2. The monoisotopic (exact) mass is 335 g/mol. The lowest BCUT2D eigenvalue weighted by atomic mass is 10.1. The van der Waals surface area contributed by atoms with Crippen LogP contribution in [0.3, 0.4) is 0 Å². The van der Waals surface area contributed by atoms with Gasteiger partial charge in [-0.15, -0.1) is 12.4 Å². The number of rotatable bonds is 5. The summed E-state index contributed by atoms with van der Waals surface area (Å²) in [6, 6.07) is 8.64. The van der Waals surface area contributed by atoms with Crippen molar-refractivity contribution in [2.45, 2.75) is 13.5 Å². The quantitative estimate of drug-likeness (QED) is 0.879. The number of methoxy groups -OCH3 is 1. The van der Waals surface area contributed by atoms with Crippen molar-refractivity contribution >= 4 is 29.9 Å². The molecule has 2 rings (SSSR count). The van der Waals surface area contributed by atoms with E-state index < -0.39 is 0 Å². The number of anilines is 1. The van der Waals surface area contributed by atoms with Crippen LogP contribution in [-0.4, -0.2) is 23.9 Å². The van der Waals surface area contributed by atoms with Gasteiger partial charge in [0.2, 0.25) is 5.91 Å². The third-order valence-corrected chi connectivity index (χ3v) is 2.97. The zero-order valence-electron chi connectivity index (χ0n) is 12.8. The van der Waals surface area contributed by atoms with E-state index in [0.717, 1.165) is 5.56 Å². The van der Waals surface area contributed by atoms with Crippen LogP contribution in [0, 0.1) is 0 Å². The Kier molecular flexibility index (Phi) is 7.02. The molecule has 1 aromatic heterocycles. The van der Waals surface area contributed by atoms with Crippen LogP contribution in [0.2, 0.25) is 0 Å². The van der Waals surface area contributed by atoms with Crippen molar-refractivity contribution in [3.05, 3.63) is 53.9 Å². The maximum absolute atomic E-state index is 12.0. The molecule has 0 radical (unpaired) electrons. The lowest BCUT2D eigenvalue weighted by molar-refractivity contribution is -0.114. The summed E-state index contributed by atoms with van der Waals surface area (Å²) in [7, 11) is 1.53. The van der Waals surface area contributed by atoms with Gasteiger partial charge in [0.05, 0.1) is 12.8 Å². The number of pyridine rings is 1. The molecule has 122 valence electrons. The standard InChI is InChI=1S/C16H17N3O3.ClH/c1-11(20)19-14-9-12(3-4-15(14)22-2)10-18-16(21)13-5-7-17-8-6-13;/h3-9H,10H2,1-2H3,(H,18,21)(H,19,20);1H. The van der Waals surface area contributed by atoms with E-state index in [1.807, 2.05) is 6.07 Å². The van der Waals surface area contributed by atoms with Gasteiger partial charge in [-0.2, -0.15) is 0 Å². The highest BCUT2D eigenvalue weighted by atomic mass is 35.5. The molecular weight excluding hydrogens is 318 g/mol. The lowest BCUT2D eigenvalue weighted by Gasteiger charge is -2.11. The van der Waals surface area contributed by atoms with E-state index in [-0.39, 0.29) is 24.2 Å². The molecule has 0 aliphatic heterocycles. The van der Waals surface area contributed by atoms with Gasteiger partial charge in [0.25, 0.3) is 5.91 Å². The fraction of sp³-hybridized carbons (Fsp3) is 0.188. The fourth-order valence-electron chi connectivity index (χ4n) is 1.94. The number of hydrogen-bond acceptors (Lipinski definition) is 4. The van der Waals surface area contributed by atoms with Crippen LogP contribution in [0.5, 0.6) is 5.75 Å². The Labute approximate surface area is 140 Å². The van der Waals surface area contributed by atoms with Gasteiger partial charge in [-0.3, -0.25) is 14.6 Å². The Morgan fingerprint density at radius 3 is 2.48 bits per heavy atom. The van der Waals surface area contributed by atoms with E-state index >= 15 is 0 Å². The van der Waals surface area contributed by atoms with Crippen LogP contribution in [0.4, 0.5) is 5.69 Å². The van der Waals surface area contributed by atoms with Crippen molar-refractivity contribution in [3.63, 3.8) is 0 Å². The average Bonchev–Trinajstić information content (AvgIpc) is 2.53. The summed E-state index contributed by atoms with van der Waals surface area (Å²) >= 11 is 0. The predicted octanol–water partition coefficient (Wildman–Crippen LogP) is 2.40. The first-order chi connectivity index (χ1) is 10.6. The zero-order chi connectivity index (χ0) is 15.9. The summed E-state index contributed by atoms with van der Waals surface area (Å²) in [6.07, 6.45) is 3.13. The molecule has 6 nitrogen and oxygen atoms in total. The van der Waals surface area contributed by atoms with Crippen LogP contribution >= 0.6 is 12.4 Å². The molecule has 0 bridgehead atoms. The normalized spacial score (nSPS) is 9.48. The van der Waals surface area contributed by atoms with Gasteiger partial charge in [-0.1, -0.05) is 6.07 Å². The highest BCUT2D eigenvalue weighted by Crippen LogP contribution is 2.25. The predicted molar refractivity (Wildman–Crippen MR) is 90.0 cm³/mol.